The predicted octanol–water partition coefficient (Wildman–Crippen LogP) is 37.3. The van der Waals surface area contributed by atoms with E-state index in [1.165, 1.54) is 170 Å². The maximum Gasteiger partial charge on any atom is 0.265 e. The zero-order valence-corrected chi connectivity index (χ0v) is 77.8. The number of fused-ring (bicyclic) bond motifs is 12. The predicted molar refractivity (Wildman–Crippen MR) is 601 cm³/mol. The van der Waals surface area contributed by atoms with Crippen molar-refractivity contribution < 1.29 is 0 Å². The molecule has 0 fully saturated rings. The van der Waals surface area contributed by atoms with Gasteiger partial charge in [0.05, 0.1) is 33.4 Å². The summed E-state index contributed by atoms with van der Waals surface area (Å²) in [5.41, 5.74) is 29.8. The Balaban J connectivity index is 0.000000117. The second kappa shape index (κ2) is 38.8. The first-order valence-corrected chi connectivity index (χ1v) is 48.0. The van der Waals surface area contributed by atoms with Gasteiger partial charge in [-0.05, 0) is 264 Å². The molecule has 0 saturated carbocycles. The number of para-hydroxylation sites is 7. The van der Waals surface area contributed by atoms with Crippen molar-refractivity contribution in [2.75, 3.05) is 14.7 Å². The summed E-state index contributed by atoms with van der Waals surface area (Å²) in [7, 11) is 6.97. The number of anilines is 9. The molecular weight excluding hydrogens is 1710 g/mol. The van der Waals surface area contributed by atoms with Crippen LogP contribution in [-0.4, -0.2) is 17.1 Å². The SMILES string of the molecule is [B]N=P.c1ccc(-c2c3ccccc3c(-c3ccc(-n4c5ccccc5c5ccccc54)cc3)c3ccccc23)cc1.c1ccc(-c2c3ccccc3c(-c3ccc(N(c4ccccc4)c4ccc5c(c4)c4ccccc4n5-c4ccccc4)cc3)c3ccccc23)cc1.c1ccc(N(c2ccc(-c3ccc(N(c4ccccc4)c4cccc5ccccc45)cc3)cc2)c2cccc3ccccc23)cc1. The summed E-state index contributed by atoms with van der Waals surface area (Å²) in [5, 5.41) is 20.1. The van der Waals surface area contributed by atoms with Gasteiger partial charge < -0.3 is 28.5 Å². The molecule has 26 aromatic rings. The summed E-state index contributed by atoms with van der Waals surface area (Å²) >= 11 is 0. The highest BCUT2D eigenvalue weighted by atomic mass is 31.0. The van der Waals surface area contributed by atoms with Gasteiger partial charge in [-0.15, -0.1) is 0 Å². The molecular formula is C132H92BN6P. The number of hydrogen-bond acceptors (Lipinski definition) is 4. The zero-order valence-electron chi connectivity index (χ0n) is 76.8. The van der Waals surface area contributed by atoms with Crippen LogP contribution in [0.25, 0.3) is 175 Å². The van der Waals surface area contributed by atoms with Crippen LogP contribution in [0.5, 0.6) is 0 Å². The van der Waals surface area contributed by atoms with E-state index < -0.39 is 0 Å². The lowest BCUT2D eigenvalue weighted by Gasteiger charge is -2.27. The summed E-state index contributed by atoms with van der Waals surface area (Å²) in [4.78, 5) is 7.06. The van der Waals surface area contributed by atoms with Gasteiger partial charge in [0.2, 0.25) is 0 Å². The molecule has 0 N–H and O–H groups in total. The van der Waals surface area contributed by atoms with Crippen molar-refractivity contribution >= 4 is 176 Å². The first-order valence-electron chi connectivity index (χ1n) is 47.5. The molecule has 2 heterocycles. The quantitative estimate of drug-likeness (QED) is 0.0549. The third-order valence-corrected chi connectivity index (χ3v) is 27.0. The largest absolute Gasteiger partial charge is 0.344 e. The fourth-order valence-electron chi connectivity index (χ4n) is 20.9. The highest BCUT2D eigenvalue weighted by Crippen LogP contribution is 2.50. The smallest absolute Gasteiger partial charge is 0.265 e. The molecule has 0 atom stereocenters. The molecule has 658 valence electrons. The Morgan fingerprint density at radius 3 is 0.736 bits per heavy atom. The van der Waals surface area contributed by atoms with Gasteiger partial charge in [0.25, 0.3) is 7.98 Å². The highest BCUT2D eigenvalue weighted by molar-refractivity contribution is 7.05. The van der Waals surface area contributed by atoms with E-state index in [9.17, 15) is 0 Å². The van der Waals surface area contributed by atoms with Gasteiger partial charge in [0.1, 0.15) is 0 Å². The number of nitrogens with zero attached hydrogens (tertiary/aromatic N) is 6. The van der Waals surface area contributed by atoms with Crippen LogP contribution in [0.15, 0.2) is 557 Å². The van der Waals surface area contributed by atoms with Gasteiger partial charge >= 0.3 is 0 Å². The molecule has 140 heavy (non-hydrogen) atoms. The van der Waals surface area contributed by atoms with Crippen LogP contribution in [0.2, 0.25) is 0 Å². The normalized spacial score (nSPS) is 11.2. The van der Waals surface area contributed by atoms with E-state index >= 15 is 0 Å². The third kappa shape index (κ3) is 16.4. The van der Waals surface area contributed by atoms with Crippen molar-refractivity contribution in [3.05, 3.63) is 552 Å². The van der Waals surface area contributed by atoms with Crippen LogP contribution in [0, 0.1) is 0 Å². The van der Waals surface area contributed by atoms with Crippen molar-refractivity contribution in [2.24, 2.45) is 4.66 Å². The van der Waals surface area contributed by atoms with Crippen molar-refractivity contribution in [1.82, 2.24) is 9.13 Å². The Hall–Kier alpha value is -18.0. The second-order valence-corrected chi connectivity index (χ2v) is 35.3. The van der Waals surface area contributed by atoms with E-state index in [4.69, 9.17) is 0 Å². The van der Waals surface area contributed by atoms with Gasteiger partial charge in [-0.25, -0.2) is 0 Å². The average molecular weight is 1800 g/mol. The molecule has 0 unspecified atom stereocenters. The van der Waals surface area contributed by atoms with E-state index in [0.29, 0.717) is 0 Å². The third-order valence-electron chi connectivity index (χ3n) is 27.0. The monoisotopic (exact) mass is 1800 g/mol. The van der Waals surface area contributed by atoms with Gasteiger partial charge in [0, 0.05) is 83.5 Å². The number of hydrogen-bond donors (Lipinski definition) is 0. The zero-order chi connectivity index (χ0) is 93.6. The first kappa shape index (κ1) is 86.1. The molecule has 0 aliphatic carbocycles. The topological polar surface area (TPSA) is 31.9 Å². The van der Waals surface area contributed by atoms with E-state index in [1.807, 2.05) is 0 Å². The standard InChI is InChI=1S/C50H34N2.C44H32N2.C38H25N.BHNP/c1-4-16-35(17-5-1)49-42-23-10-12-25-44(42)50(45-26-13-11-24-43(45)49)36-28-30-39(31-29-36)51(37-18-6-2-7-19-37)40-32-33-48-46(34-40)41-22-14-15-27-47(41)52(48)38-20-8-3-9-21-38;1-3-17-37(18-4-1)45(43-23-11-15-35-13-7-9-21-41(35)43)39-29-25-33(26-30-39)34-27-31-40(32-28-34)46(38-19-5-2-6-20-38)44-24-12-16-36-14-8-10-22-42(36)44;1-2-12-26(13-3-1)37-31-16-4-6-18-33(31)38(34-19-7-5-17-32(34)37)27-22-24-28(25-23-27)39-35-20-10-8-14-29(35)30-15-9-11-21-36(30)39;1-2-3/h1-34H;1-32H;1-25H;3H. The lowest BCUT2D eigenvalue weighted by Crippen LogP contribution is -2.10. The highest BCUT2D eigenvalue weighted by Gasteiger charge is 2.25. The number of aromatic nitrogens is 2. The van der Waals surface area contributed by atoms with Crippen molar-refractivity contribution in [2.45, 2.75) is 0 Å². The van der Waals surface area contributed by atoms with E-state index in [-0.39, 0.29) is 0 Å². The molecule has 0 aliphatic heterocycles. The van der Waals surface area contributed by atoms with Crippen LogP contribution in [0.1, 0.15) is 0 Å². The fraction of sp³-hybridized carbons (Fsp3) is 0. The summed E-state index contributed by atoms with van der Waals surface area (Å²) in [6, 6.07) is 199. The molecule has 0 spiro atoms. The van der Waals surface area contributed by atoms with Gasteiger partial charge in [-0.3, -0.25) is 0 Å². The maximum absolute atomic E-state index is 4.39. The van der Waals surface area contributed by atoms with Crippen molar-refractivity contribution in [1.29, 1.82) is 0 Å². The molecule has 6 nitrogen and oxygen atoms in total. The van der Waals surface area contributed by atoms with Gasteiger partial charge in [0.15, 0.2) is 0 Å². The average Bonchev–Trinajstić information content (AvgIpc) is 0.977. The Kier molecular flexibility index (Phi) is 23.9. The lowest BCUT2D eigenvalue weighted by molar-refractivity contribution is 1.18. The minimum Gasteiger partial charge on any atom is -0.344 e. The minimum absolute atomic E-state index is 1.11. The molecule has 8 heteroatoms. The number of rotatable bonds is 16. The molecule has 26 rings (SSSR count). The molecule has 0 saturated heterocycles. The molecule has 0 aliphatic rings. The van der Waals surface area contributed by atoms with Crippen LogP contribution in [0.4, 0.5) is 51.2 Å². The Labute approximate surface area is 818 Å². The van der Waals surface area contributed by atoms with Crippen LogP contribution in [0.3, 0.4) is 0 Å². The molecule has 0 amide bonds. The fourth-order valence-corrected chi connectivity index (χ4v) is 20.9. The molecule has 2 aromatic heterocycles. The Morgan fingerprint density at radius 2 is 0.386 bits per heavy atom. The first-order chi connectivity index (χ1) is 69.5. The second-order valence-electron chi connectivity index (χ2n) is 35.0. The van der Waals surface area contributed by atoms with E-state index in [0.717, 1.165) is 56.9 Å². The van der Waals surface area contributed by atoms with Crippen LogP contribution in [-0.2, 0) is 0 Å². The van der Waals surface area contributed by atoms with Crippen molar-refractivity contribution in [3.8, 4) is 67.0 Å². The maximum atomic E-state index is 4.39. The summed E-state index contributed by atoms with van der Waals surface area (Å²) in [6.07, 6.45) is 0. The van der Waals surface area contributed by atoms with Crippen molar-refractivity contribution in [3.63, 3.8) is 0 Å². The molecule has 0 bridgehead atoms. The molecule has 2 radical (unpaired) electrons. The van der Waals surface area contributed by atoms with Crippen LogP contribution >= 0.6 is 9.03 Å². The van der Waals surface area contributed by atoms with Crippen LogP contribution < -0.4 is 14.7 Å². The Morgan fingerprint density at radius 1 is 0.164 bits per heavy atom. The van der Waals surface area contributed by atoms with E-state index in [1.54, 1.807) is 0 Å². The number of benzene rings is 24. The summed E-state index contributed by atoms with van der Waals surface area (Å²) in [6.45, 7) is 0. The summed E-state index contributed by atoms with van der Waals surface area (Å²) < 4.78 is 7.55. The van der Waals surface area contributed by atoms with E-state index in [2.05, 4.69) is 598 Å². The lowest BCUT2D eigenvalue weighted by atomic mass is 9.86. The van der Waals surface area contributed by atoms with Gasteiger partial charge in [-0.1, -0.05) is 406 Å². The minimum atomic E-state index is 1.11. The summed E-state index contributed by atoms with van der Waals surface area (Å²) in [5.74, 6) is 0. The Bertz CT molecular complexity index is 8650. The van der Waals surface area contributed by atoms with Gasteiger partial charge in [-0.2, -0.15) is 0 Å². The molecule has 24 aromatic carbocycles.